The molecule has 0 spiro atoms. The molecule has 0 radical (unpaired) electrons. The summed E-state index contributed by atoms with van der Waals surface area (Å²) in [7, 11) is 0. The van der Waals surface area contributed by atoms with Gasteiger partial charge in [0.25, 0.3) is 0 Å². The maximum atomic E-state index is 4.04. The molecule has 1 aromatic heterocycles. The van der Waals surface area contributed by atoms with Crippen LogP contribution in [0.2, 0.25) is 0 Å². The molecule has 1 atom stereocenters. The Morgan fingerprint density at radius 2 is 2.40 bits per heavy atom. The number of hydrogen-bond donors (Lipinski definition) is 1. The molecule has 0 unspecified atom stereocenters. The predicted octanol–water partition coefficient (Wildman–Crippen LogP) is 0.567. The summed E-state index contributed by atoms with van der Waals surface area (Å²) in [5, 5.41) is 3.46. The van der Waals surface area contributed by atoms with Crippen LogP contribution in [0.15, 0.2) is 18.7 Å². The third-order valence-corrected chi connectivity index (χ3v) is 2.90. The van der Waals surface area contributed by atoms with Crippen molar-refractivity contribution in [1.29, 1.82) is 0 Å². The van der Waals surface area contributed by atoms with Gasteiger partial charge in [-0.15, -0.1) is 0 Å². The smallest absolute Gasteiger partial charge is 0.0945 e. The SMILES string of the molecule is C[C@H]1CN(CCCn2ccnc2)CCN1. The number of nitrogens with zero attached hydrogens (tertiary/aromatic N) is 3. The molecule has 15 heavy (non-hydrogen) atoms. The van der Waals surface area contributed by atoms with Gasteiger partial charge in [0.2, 0.25) is 0 Å². The van der Waals surface area contributed by atoms with Gasteiger partial charge in [-0.1, -0.05) is 0 Å². The van der Waals surface area contributed by atoms with Crippen molar-refractivity contribution >= 4 is 0 Å². The molecule has 0 aliphatic carbocycles. The summed E-state index contributed by atoms with van der Waals surface area (Å²) in [5.41, 5.74) is 0. The lowest BCUT2D eigenvalue weighted by Gasteiger charge is -2.31. The van der Waals surface area contributed by atoms with E-state index in [4.69, 9.17) is 0 Å². The number of rotatable bonds is 4. The summed E-state index contributed by atoms with van der Waals surface area (Å²) >= 11 is 0. The molecule has 1 aliphatic rings. The largest absolute Gasteiger partial charge is 0.337 e. The molecule has 84 valence electrons. The summed E-state index contributed by atoms with van der Waals surface area (Å²) in [6, 6.07) is 0.645. The first kappa shape index (κ1) is 10.6. The van der Waals surface area contributed by atoms with Crippen LogP contribution in [0.1, 0.15) is 13.3 Å². The van der Waals surface area contributed by atoms with E-state index in [0.717, 1.165) is 13.1 Å². The van der Waals surface area contributed by atoms with E-state index in [1.807, 2.05) is 18.7 Å². The lowest BCUT2D eigenvalue weighted by Crippen LogP contribution is -2.49. The van der Waals surface area contributed by atoms with Gasteiger partial charge >= 0.3 is 0 Å². The third kappa shape index (κ3) is 3.32. The molecule has 0 amide bonds. The van der Waals surface area contributed by atoms with Crippen molar-refractivity contribution in [2.75, 3.05) is 26.2 Å². The van der Waals surface area contributed by atoms with E-state index in [0.29, 0.717) is 6.04 Å². The van der Waals surface area contributed by atoms with E-state index < -0.39 is 0 Å². The molecule has 1 aromatic rings. The van der Waals surface area contributed by atoms with Crippen molar-refractivity contribution in [2.45, 2.75) is 25.9 Å². The van der Waals surface area contributed by atoms with Gasteiger partial charge < -0.3 is 14.8 Å². The van der Waals surface area contributed by atoms with Crippen molar-refractivity contribution in [1.82, 2.24) is 19.8 Å². The summed E-state index contributed by atoms with van der Waals surface area (Å²) in [4.78, 5) is 6.58. The highest BCUT2D eigenvalue weighted by atomic mass is 15.2. The first-order valence-electron chi connectivity index (χ1n) is 5.76. The van der Waals surface area contributed by atoms with E-state index in [9.17, 15) is 0 Å². The molecular weight excluding hydrogens is 188 g/mol. The number of hydrogen-bond acceptors (Lipinski definition) is 3. The maximum Gasteiger partial charge on any atom is 0.0945 e. The number of aryl methyl sites for hydroxylation is 1. The first-order valence-corrected chi connectivity index (χ1v) is 5.76. The third-order valence-electron chi connectivity index (χ3n) is 2.90. The molecule has 1 fully saturated rings. The second-order valence-electron chi connectivity index (χ2n) is 4.31. The van der Waals surface area contributed by atoms with Gasteiger partial charge in [-0.05, 0) is 19.9 Å². The van der Waals surface area contributed by atoms with Crippen molar-refractivity contribution in [3.63, 3.8) is 0 Å². The fourth-order valence-corrected chi connectivity index (χ4v) is 2.11. The monoisotopic (exact) mass is 208 g/mol. The van der Waals surface area contributed by atoms with Crippen molar-refractivity contribution in [3.8, 4) is 0 Å². The number of aromatic nitrogens is 2. The van der Waals surface area contributed by atoms with Crippen molar-refractivity contribution in [3.05, 3.63) is 18.7 Å². The predicted molar refractivity (Wildman–Crippen MR) is 60.7 cm³/mol. The summed E-state index contributed by atoms with van der Waals surface area (Å²) in [6.45, 7) is 8.04. The Morgan fingerprint density at radius 1 is 1.47 bits per heavy atom. The maximum absolute atomic E-state index is 4.04. The Balaban J connectivity index is 1.65. The molecule has 4 heteroatoms. The lowest BCUT2D eigenvalue weighted by molar-refractivity contribution is 0.202. The van der Waals surface area contributed by atoms with Crippen LogP contribution < -0.4 is 5.32 Å². The molecule has 1 N–H and O–H groups in total. The van der Waals surface area contributed by atoms with Gasteiger partial charge in [0.05, 0.1) is 6.33 Å². The minimum absolute atomic E-state index is 0.645. The van der Waals surface area contributed by atoms with Gasteiger partial charge in [0, 0.05) is 44.6 Å². The number of nitrogens with one attached hydrogen (secondary N) is 1. The van der Waals surface area contributed by atoms with E-state index in [1.54, 1.807) is 0 Å². The number of piperazine rings is 1. The van der Waals surface area contributed by atoms with Gasteiger partial charge in [0.15, 0.2) is 0 Å². The molecular formula is C11H20N4. The minimum atomic E-state index is 0.645. The molecule has 2 heterocycles. The van der Waals surface area contributed by atoms with E-state index >= 15 is 0 Å². The van der Waals surface area contributed by atoms with Gasteiger partial charge in [-0.2, -0.15) is 0 Å². The van der Waals surface area contributed by atoms with Crippen LogP contribution in [-0.4, -0.2) is 46.7 Å². The van der Waals surface area contributed by atoms with Crippen LogP contribution >= 0.6 is 0 Å². The van der Waals surface area contributed by atoms with E-state index in [1.165, 1.54) is 26.1 Å². The number of imidazole rings is 1. The second-order valence-corrected chi connectivity index (χ2v) is 4.31. The summed E-state index contributed by atoms with van der Waals surface area (Å²) < 4.78 is 2.14. The highest BCUT2D eigenvalue weighted by Gasteiger charge is 2.14. The Kier molecular flexibility index (Phi) is 3.75. The van der Waals surface area contributed by atoms with Crippen LogP contribution in [0, 0.1) is 0 Å². The minimum Gasteiger partial charge on any atom is -0.337 e. The average Bonchev–Trinajstić information content (AvgIpc) is 2.71. The Bertz CT molecular complexity index is 270. The fourth-order valence-electron chi connectivity index (χ4n) is 2.11. The lowest BCUT2D eigenvalue weighted by atomic mass is 10.2. The van der Waals surface area contributed by atoms with Crippen molar-refractivity contribution < 1.29 is 0 Å². The van der Waals surface area contributed by atoms with Crippen LogP contribution in [0.25, 0.3) is 0 Å². The quantitative estimate of drug-likeness (QED) is 0.785. The Hall–Kier alpha value is -0.870. The van der Waals surface area contributed by atoms with Crippen LogP contribution in [-0.2, 0) is 6.54 Å². The fraction of sp³-hybridized carbons (Fsp3) is 0.727. The topological polar surface area (TPSA) is 33.1 Å². The zero-order chi connectivity index (χ0) is 10.5. The molecule has 1 aliphatic heterocycles. The Morgan fingerprint density at radius 3 is 3.13 bits per heavy atom. The highest BCUT2D eigenvalue weighted by molar-refractivity contribution is 4.76. The first-order chi connectivity index (χ1) is 7.34. The van der Waals surface area contributed by atoms with Crippen LogP contribution in [0.3, 0.4) is 0 Å². The molecule has 2 rings (SSSR count). The van der Waals surface area contributed by atoms with Gasteiger partial charge in [0.1, 0.15) is 0 Å². The van der Waals surface area contributed by atoms with Gasteiger partial charge in [-0.3, -0.25) is 0 Å². The zero-order valence-electron chi connectivity index (χ0n) is 9.39. The normalized spacial score (nSPS) is 23.1. The zero-order valence-corrected chi connectivity index (χ0v) is 9.39. The highest BCUT2D eigenvalue weighted by Crippen LogP contribution is 2.00. The van der Waals surface area contributed by atoms with Gasteiger partial charge in [-0.25, -0.2) is 4.98 Å². The Labute approximate surface area is 91.3 Å². The second kappa shape index (κ2) is 5.28. The van der Waals surface area contributed by atoms with E-state index in [2.05, 4.69) is 26.7 Å². The van der Waals surface area contributed by atoms with Crippen LogP contribution in [0.4, 0.5) is 0 Å². The van der Waals surface area contributed by atoms with E-state index in [-0.39, 0.29) is 0 Å². The van der Waals surface area contributed by atoms with Crippen molar-refractivity contribution in [2.24, 2.45) is 0 Å². The average molecular weight is 208 g/mol. The standard InChI is InChI=1S/C11H20N4/c1-11-9-14(8-4-13-11)5-2-6-15-7-3-12-10-15/h3,7,10-11,13H,2,4-6,8-9H2,1H3/t11-/m0/s1. The summed E-state index contributed by atoms with van der Waals surface area (Å²) in [5.74, 6) is 0. The molecule has 4 nitrogen and oxygen atoms in total. The molecule has 1 saturated heterocycles. The van der Waals surface area contributed by atoms with Crippen LogP contribution in [0.5, 0.6) is 0 Å². The molecule has 0 saturated carbocycles. The molecule has 0 bridgehead atoms. The molecule has 0 aromatic carbocycles. The summed E-state index contributed by atoms with van der Waals surface area (Å²) in [6.07, 6.45) is 6.97.